The van der Waals surface area contributed by atoms with E-state index in [0.29, 0.717) is 42.0 Å². The van der Waals surface area contributed by atoms with Gasteiger partial charge in [0.2, 0.25) is 20.0 Å². The molecule has 9 nitrogen and oxygen atoms in total. The molecule has 13 heteroatoms. The maximum atomic E-state index is 14.3. The lowest BCUT2D eigenvalue weighted by molar-refractivity contribution is 0.0381. The number of nitrogens with one attached hydrogen (secondary N) is 2. The fraction of sp³-hybridized carbons (Fsp3) is 0.556. The van der Waals surface area contributed by atoms with Gasteiger partial charge in [-0.15, -0.1) is 0 Å². The number of benzene rings is 2. The molecule has 40 heavy (non-hydrogen) atoms. The molecule has 2 aromatic carbocycles. The number of rotatable bonds is 12. The van der Waals surface area contributed by atoms with Crippen molar-refractivity contribution >= 4 is 58.2 Å². The molecule has 0 spiro atoms. The van der Waals surface area contributed by atoms with Crippen molar-refractivity contribution in [3.05, 3.63) is 48.5 Å². The van der Waals surface area contributed by atoms with E-state index in [0.717, 1.165) is 6.04 Å². The third kappa shape index (κ3) is 6.86. The fourth-order valence-corrected chi connectivity index (χ4v) is 16.6. The molecule has 1 aliphatic heterocycles. The van der Waals surface area contributed by atoms with Gasteiger partial charge < -0.3 is 15.9 Å². The van der Waals surface area contributed by atoms with Crippen LogP contribution in [0, 0.1) is 0 Å². The molecule has 0 bridgehead atoms. The highest BCUT2D eigenvalue weighted by molar-refractivity contribution is 7.94. The van der Waals surface area contributed by atoms with E-state index in [1.807, 2.05) is 13.8 Å². The molecule has 0 saturated carbocycles. The van der Waals surface area contributed by atoms with Crippen molar-refractivity contribution in [2.24, 2.45) is 0 Å². The summed E-state index contributed by atoms with van der Waals surface area (Å²) in [5.74, 6) is 0. The fourth-order valence-electron chi connectivity index (χ4n) is 5.56. The molecule has 1 heterocycles. The predicted octanol–water partition coefficient (Wildman–Crippen LogP) is 5.52. The van der Waals surface area contributed by atoms with Crippen molar-refractivity contribution in [2.45, 2.75) is 94.3 Å². The zero-order valence-corrected chi connectivity index (χ0v) is 28.2. The summed E-state index contributed by atoms with van der Waals surface area (Å²) in [6.07, 6.45) is 1.98. The van der Waals surface area contributed by atoms with Gasteiger partial charge in [0.05, 0.1) is 13.2 Å². The zero-order valence-electron chi connectivity index (χ0n) is 24.5. The first-order valence-electron chi connectivity index (χ1n) is 13.9. The van der Waals surface area contributed by atoms with Crippen LogP contribution in [0.5, 0.6) is 0 Å². The Labute approximate surface area is 242 Å². The smallest absolute Gasteiger partial charge is 0.238 e. The van der Waals surface area contributed by atoms with E-state index in [2.05, 4.69) is 35.6 Å². The van der Waals surface area contributed by atoms with Crippen LogP contribution >= 0.6 is 0 Å². The molecule has 1 aliphatic rings. The highest BCUT2D eigenvalue weighted by Gasteiger charge is 2.63. The van der Waals surface area contributed by atoms with Gasteiger partial charge in [-0.05, 0) is 80.9 Å². The van der Waals surface area contributed by atoms with Gasteiger partial charge in [-0.25, -0.2) is 16.8 Å². The highest BCUT2D eigenvalue weighted by atomic mass is 32.2. The molecule has 0 amide bonds. The summed E-state index contributed by atoms with van der Waals surface area (Å²) >= 11 is 0. The van der Waals surface area contributed by atoms with Crippen LogP contribution in [-0.4, -0.2) is 48.4 Å². The van der Waals surface area contributed by atoms with Crippen molar-refractivity contribution in [2.75, 3.05) is 20.9 Å². The number of hydrogen-bond donors (Lipinski definition) is 4. The Kier molecular flexibility index (Phi) is 9.77. The predicted molar refractivity (Wildman–Crippen MR) is 172 cm³/mol. The Morgan fingerprint density at radius 3 is 1.48 bits per heavy atom. The van der Waals surface area contributed by atoms with Crippen LogP contribution in [0.2, 0.25) is 32.2 Å². The van der Waals surface area contributed by atoms with Gasteiger partial charge in [0.1, 0.15) is 10.5 Å². The van der Waals surface area contributed by atoms with Crippen LogP contribution < -0.4 is 20.9 Å². The van der Waals surface area contributed by atoms with E-state index >= 15 is 0 Å². The molecule has 1 saturated heterocycles. The Bertz CT molecular complexity index is 1280. The molecule has 0 aliphatic carbocycles. The van der Waals surface area contributed by atoms with Crippen LogP contribution in [0.25, 0.3) is 0 Å². The average molecular weight is 627 g/mol. The van der Waals surface area contributed by atoms with Gasteiger partial charge in [-0.1, -0.05) is 45.8 Å². The molecule has 2 aromatic rings. The van der Waals surface area contributed by atoms with Gasteiger partial charge in [0, 0.05) is 22.7 Å². The highest BCUT2D eigenvalue weighted by Crippen LogP contribution is 2.48. The van der Waals surface area contributed by atoms with Crippen LogP contribution in [0.1, 0.15) is 46.0 Å². The molecule has 3 rings (SSSR count). The number of hydrogen-bond acceptors (Lipinski definition) is 7. The first kappa shape index (κ1) is 32.4. The van der Waals surface area contributed by atoms with Gasteiger partial charge in [0.25, 0.3) is 0 Å². The second-order valence-electron chi connectivity index (χ2n) is 12.0. The third-order valence-corrected chi connectivity index (χ3v) is 28.8. The second-order valence-corrected chi connectivity index (χ2v) is 30.9. The summed E-state index contributed by atoms with van der Waals surface area (Å²) in [7, 11) is -12.5. The quantitative estimate of drug-likeness (QED) is 0.179. The lowest BCUT2D eigenvalue weighted by Crippen LogP contribution is -2.73. The molecular formula is C27H46N4O5S2Si2. The minimum atomic E-state index is -4.08. The Balaban J connectivity index is 2.21. The van der Waals surface area contributed by atoms with Gasteiger partial charge in [0.15, 0.2) is 7.83 Å². The topological polar surface area (TPSA) is 154 Å². The maximum Gasteiger partial charge on any atom is 0.238 e. The first-order chi connectivity index (χ1) is 18.5. The molecule has 224 valence electrons. The minimum Gasteiger partial charge on any atom is -0.412 e. The van der Waals surface area contributed by atoms with Crippen molar-refractivity contribution in [3.63, 3.8) is 0 Å². The number of nitrogen functional groups attached to an aromatic ring is 2. The number of anilines is 4. The van der Waals surface area contributed by atoms with E-state index in [1.54, 1.807) is 48.5 Å². The Hall–Kier alpha value is -2.07. The molecule has 2 unspecified atom stereocenters. The van der Waals surface area contributed by atoms with Gasteiger partial charge >= 0.3 is 0 Å². The van der Waals surface area contributed by atoms with E-state index < -0.39 is 51.6 Å². The lowest BCUT2D eigenvalue weighted by Gasteiger charge is -2.56. The normalized spacial score (nSPS) is 22.2. The molecule has 0 aromatic heterocycles. The third-order valence-electron chi connectivity index (χ3n) is 8.50. The average Bonchev–Trinajstić information content (AvgIpc) is 2.85. The summed E-state index contributed by atoms with van der Waals surface area (Å²) < 4.78 is 69.6. The molecule has 6 N–H and O–H groups in total. The van der Waals surface area contributed by atoms with E-state index in [4.69, 9.17) is 15.9 Å². The van der Waals surface area contributed by atoms with E-state index in [1.165, 1.54) is 0 Å². The second kappa shape index (κ2) is 12.0. The maximum absolute atomic E-state index is 14.3. The van der Waals surface area contributed by atoms with Crippen LogP contribution in [0.15, 0.2) is 48.5 Å². The Morgan fingerprint density at radius 1 is 0.775 bits per heavy atom. The number of nitrogens with two attached hydrogens (primary N) is 2. The largest absolute Gasteiger partial charge is 0.412 e. The van der Waals surface area contributed by atoms with Crippen LogP contribution in [0.4, 0.5) is 22.7 Å². The van der Waals surface area contributed by atoms with Gasteiger partial charge in [-0.3, -0.25) is 9.44 Å². The summed E-state index contributed by atoms with van der Waals surface area (Å²) in [6, 6.07) is 13.8. The summed E-state index contributed by atoms with van der Waals surface area (Å²) in [6.45, 7) is 12.6. The molecule has 2 atom stereocenters. The molecule has 0 radical (unpaired) electrons. The van der Waals surface area contributed by atoms with Crippen molar-refractivity contribution < 1.29 is 21.3 Å². The van der Waals surface area contributed by atoms with Crippen molar-refractivity contribution in [1.82, 2.24) is 0 Å². The lowest BCUT2D eigenvalue weighted by atomic mass is 9.87. The minimum absolute atomic E-state index is 0.258. The monoisotopic (exact) mass is 626 g/mol. The molecule has 1 fully saturated rings. The van der Waals surface area contributed by atoms with E-state index in [9.17, 15) is 16.8 Å². The summed E-state index contributed by atoms with van der Waals surface area (Å²) in [5.41, 5.74) is 12.0. The summed E-state index contributed by atoms with van der Waals surface area (Å²) in [5, 5.41) is -2.17. The van der Waals surface area contributed by atoms with E-state index in [-0.39, 0.29) is 12.8 Å². The zero-order chi connectivity index (χ0) is 30.0. The molecular weight excluding hydrogens is 581 g/mol. The van der Waals surface area contributed by atoms with Crippen molar-refractivity contribution in [3.8, 4) is 0 Å². The summed E-state index contributed by atoms with van der Waals surface area (Å²) in [4.78, 5) is 0. The number of sulfonamides is 2. The van der Waals surface area contributed by atoms with Gasteiger partial charge in [-0.2, -0.15) is 0 Å². The SMILES string of the molecule is CCCC(C1(C(CCC)S(=O)(=O)Nc2ccc(N)cc2)CC[Si](C)(C)[Si](C)(C)O1)S(=O)(=O)Nc1ccc(N)cc1. The van der Waals surface area contributed by atoms with Crippen LogP contribution in [-0.2, 0) is 24.5 Å². The standard InChI is InChI=1S/C27H46N4O5S2Si2/c1-7-9-25(37(32,33)30-23-15-11-21(28)12-16-23)27(19-20-39(3,4)40(5,6)36-27)26(10-8-2)38(34,35)31-24-17-13-22(29)14-18-24/h11-18,25-26,30-31H,7-10,19-20,28-29H2,1-6H3. The first-order valence-corrected chi connectivity index (χ1v) is 24.1. The van der Waals surface area contributed by atoms with Crippen molar-refractivity contribution in [1.29, 1.82) is 0 Å². The van der Waals surface area contributed by atoms with Crippen LogP contribution in [0.3, 0.4) is 0 Å². The Morgan fingerprint density at radius 2 is 1.15 bits per heavy atom.